The first-order chi connectivity index (χ1) is 9.17. The molecule has 0 unspecified atom stereocenters. The Morgan fingerprint density at radius 3 is 1.47 bits per heavy atom. The molecule has 0 spiro atoms. The van der Waals surface area contributed by atoms with Crippen LogP contribution >= 0.6 is 23.2 Å². The van der Waals surface area contributed by atoms with E-state index in [9.17, 15) is 0 Å². The summed E-state index contributed by atoms with van der Waals surface area (Å²) in [5, 5.41) is 10.2. The maximum absolute atomic E-state index is 9.01. The van der Waals surface area contributed by atoms with E-state index in [1.54, 1.807) is 48.5 Å². The molecule has 3 nitrogen and oxygen atoms in total. The van der Waals surface area contributed by atoms with Gasteiger partial charge in [-0.15, -0.1) is 0 Å². The van der Waals surface area contributed by atoms with E-state index >= 15 is 0 Å². The molecule has 19 heavy (non-hydrogen) atoms. The highest BCUT2D eigenvalue weighted by atomic mass is 35.5. The smallest absolute Gasteiger partial charge is 0.331 e. The largest absolute Gasteiger partial charge is 0.443 e. The Labute approximate surface area is 120 Å². The van der Waals surface area contributed by atoms with Crippen molar-refractivity contribution in [3.05, 3.63) is 58.6 Å². The van der Waals surface area contributed by atoms with Crippen molar-refractivity contribution in [3.63, 3.8) is 0 Å². The van der Waals surface area contributed by atoms with E-state index < -0.39 is 6.29 Å². The van der Waals surface area contributed by atoms with Crippen LogP contribution in [0.25, 0.3) is 0 Å². The molecule has 0 aliphatic heterocycles. The lowest BCUT2D eigenvalue weighted by Crippen LogP contribution is -2.21. The SMILES string of the molecule is N#CC(Oc1ccc(Cl)cc1)Oc1ccc(Cl)cc1. The van der Waals surface area contributed by atoms with Crippen molar-refractivity contribution in [1.29, 1.82) is 5.26 Å². The molecule has 0 saturated carbocycles. The first kappa shape index (κ1) is 13.5. The Hall–Kier alpha value is -1.89. The molecule has 0 aliphatic carbocycles. The highest BCUT2D eigenvalue weighted by molar-refractivity contribution is 6.30. The van der Waals surface area contributed by atoms with Gasteiger partial charge in [0.15, 0.2) is 6.07 Å². The number of nitriles is 1. The van der Waals surface area contributed by atoms with E-state index in [2.05, 4.69) is 0 Å². The number of halogens is 2. The molecule has 96 valence electrons. The summed E-state index contributed by atoms with van der Waals surface area (Å²) in [6, 6.07) is 15.3. The third-order valence-electron chi connectivity index (χ3n) is 2.22. The lowest BCUT2D eigenvalue weighted by Gasteiger charge is -2.14. The van der Waals surface area contributed by atoms with Crippen molar-refractivity contribution < 1.29 is 9.47 Å². The van der Waals surface area contributed by atoms with Gasteiger partial charge in [0.1, 0.15) is 11.5 Å². The predicted molar refractivity (Wildman–Crippen MR) is 73.6 cm³/mol. The highest BCUT2D eigenvalue weighted by Crippen LogP contribution is 2.20. The fourth-order valence-corrected chi connectivity index (χ4v) is 1.60. The zero-order valence-electron chi connectivity index (χ0n) is 9.72. The average molecular weight is 294 g/mol. The van der Waals surface area contributed by atoms with Gasteiger partial charge in [-0.3, -0.25) is 0 Å². The average Bonchev–Trinajstić information content (AvgIpc) is 2.43. The first-order valence-electron chi connectivity index (χ1n) is 5.41. The molecule has 0 aromatic heterocycles. The summed E-state index contributed by atoms with van der Waals surface area (Å²) >= 11 is 11.5. The monoisotopic (exact) mass is 293 g/mol. The fourth-order valence-electron chi connectivity index (χ4n) is 1.35. The van der Waals surface area contributed by atoms with Crippen LogP contribution in [-0.4, -0.2) is 6.29 Å². The van der Waals surface area contributed by atoms with E-state index in [-0.39, 0.29) is 0 Å². The molecule has 0 amide bonds. The zero-order valence-corrected chi connectivity index (χ0v) is 11.2. The quantitative estimate of drug-likeness (QED) is 0.789. The van der Waals surface area contributed by atoms with E-state index in [4.69, 9.17) is 37.9 Å². The number of nitrogens with zero attached hydrogens (tertiary/aromatic N) is 1. The van der Waals surface area contributed by atoms with Gasteiger partial charge in [-0.05, 0) is 48.5 Å². The molecule has 0 saturated heterocycles. The Morgan fingerprint density at radius 1 is 0.789 bits per heavy atom. The molecule has 2 rings (SSSR count). The molecule has 2 aromatic carbocycles. The molecule has 2 aromatic rings. The number of benzene rings is 2. The van der Waals surface area contributed by atoms with Crippen LogP contribution in [0.15, 0.2) is 48.5 Å². The molecule has 0 atom stereocenters. The predicted octanol–water partition coefficient (Wildman–Crippen LogP) is 4.30. The van der Waals surface area contributed by atoms with Crippen molar-refractivity contribution in [2.45, 2.75) is 6.29 Å². The number of hydrogen-bond donors (Lipinski definition) is 0. The lowest BCUT2D eigenvalue weighted by molar-refractivity contribution is 0.0537. The van der Waals surface area contributed by atoms with Crippen molar-refractivity contribution >= 4 is 23.2 Å². The topological polar surface area (TPSA) is 42.2 Å². The molecular weight excluding hydrogens is 285 g/mol. The molecule has 0 aliphatic rings. The molecule has 0 heterocycles. The summed E-state index contributed by atoms with van der Waals surface area (Å²) < 4.78 is 10.8. The second-order valence-corrected chi connectivity index (χ2v) is 4.48. The second kappa shape index (κ2) is 6.33. The Balaban J connectivity index is 2.03. The molecular formula is C14H9Cl2NO2. The number of ether oxygens (including phenoxy) is 2. The van der Waals surface area contributed by atoms with Crippen molar-refractivity contribution in [2.24, 2.45) is 0 Å². The number of rotatable bonds is 4. The molecule has 0 fully saturated rings. The van der Waals surface area contributed by atoms with Gasteiger partial charge in [0.2, 0.25) is 0 Å². The summed E-state index contributed by atoms with van der Waals surface area (Å²) in [6.45, 7) is 0. The minimum atomic E-state index is -1.04. The Morgan fingerprint density at radius 2 is 1.16 bits per heavy atom. The van der Waals surface area contributed by atoms with E-state index in [1.165, 1.54) is 0 Å². The lowest BCUT2D eigenvalue weighted by atomic mass is 10.3. The summed E-state index contributed by atoms with van der Waals surface area (Å²) in [5.74, 6) is 1.01. The first-order valence-corrected chi connectivity index (χ1v) is 6.17. The van der Waals surface area contributed by atoms with E-state index in [0.29, 0.717) is 21.5 Å². The highest BCUT2D eigenvalue weighted by Gasteiger charge is 2.10. The maximum Gasteiger partial charge on any atom is 0.331 e. The third-order valence-corrected chi connectivity index (χ3v) is 2.72. The second-order valence-electron chi connectivity index (χ2n) is 3.60. The molecule has 0 radical (unpaired) electrons. The van der Waals surface area contributed by atoms with Gasteiger partial charge in [-0.2, -0.15) is 5.26 Å². The van der Waals surface area contributed by atoms with Crippen LogP contribution in [0.4, 0.5) is 0 Å². The van der Waals surface area contributed by atoms with Gasteiger partial charge < -0.3 is 9.47 Å². The van der Waals surface area contributed by atoms with Gasteiger partial charge in [-0.1, -0.05) is 23.2 Å². The molecule has 5 heteroatoms. The summed E-state index contributed by atoms with van der Waals surface area (Å²) in [4.78, 5) is 0. The van der Waals surface area contributed by atoms with Crippen LogP contribution in [-0.2, 0) is 0 Å². The summed E-state index contributed by atoms with van der Waals surface area (Å²) in [5.41, 5.74) is 0. The molecule has 0 bridgehead atoms. The minimum absolute atomic E-state index is 0.505. The van der Waals surface area contributed by atoms with Crippen LogP contribution < -0.4 is 9.47 Å². The van der Waals surface area contributed by atoms with Crippen LogP contribution in [0.2, 0.25) is 10.0 Å². The van der Waals surface area contributed by atoms with Crippen LogP contribution in [0.5, 0.6) is 11.5 Å². The van der Waals surface area contributed by atoms with Gasteiger partial charge in [0.25, 0.3) is 0 Å². The van der Waals surface area contributed by atoms with Crippen LogP contribution in [0.3, 0.4) is 0 Å². The Bertz CT molecular complexity index is 528. The van der Waals surface area contributed by atoms with E-state index in [1.807, 2.05) is 6.07 Å². The number of hydrogen-bond acceptors (Lipinski definition) is 3. The molecule has 0 N–H and O–H groups in total. The van der Waals surface area contributed by atoms with Crippen LogP contribution in [0.1, 0.15) is 0 Å². The van der Waals surface area contributed by atoms with Crippen molar-refractivity contribution in [3.8, 4) is 17.6 Å². The van der Waals surface area contributed by atoms with Gasteiger partial charge in [-0.25, -0.2) is 0 Å². The summed E-state index contributed by atoms with van der Waals surface area (Å²) in [7, 11) is 0. The maximum atomic E-state index is 9.01. The van der Waals surface area contributed by atoms with Crippen LogP contribution in [0, 0.1) is 11.3 Å². The minimum Gasteiger partial charge on any atom is -0.443 e. The van der Waals surface area contributed by atoms with Crippen molar-refractivity contribution in [2.75, 3.05) is 0 Å². The normalized spacial score (nSPS) is 10.0. The Kier molecular flexibility index (Phi) is 4.51. The van der Waals surface area contributed by atoms with Gasteiger partial charge >= 0.3 is 6.29 Å². The zero-order chi connectivity index (χ0) is 13.7. The third kappa shape index (κ3) is 4.06. The van der Waals surface area contributed by atoms with Gasteiger partial charge in [0, 0.05) is 10.0 Å². The van der Waals surface area contributed by atoms with Gasteiger partial charge in [0.05, 0.1) is 0 Å². The van der Waals surface area contributed by atoms with Crippen molar-refractivity contribution in [1.82, 2.24) is 0 Å². The summed E-state index contributed by atoms with van der Waals surface area (Å²) in [6.07, 6.45) is -1.04. The standard InChI is InChI=1S/C14H9Cl2NO2/c15-10-1-5-12(6-2-10)18-14(9-17)19-13-7-3-11(16)4-8-13/h1-8,14H. The van der Waals surface area contributed by atoms with E-state index in [0.717, 1.165) is 0 Å². The fraction of sp³-hybridized carbons (Fsp3) is 0.0714.